The van der Waals surface area contributed by atoms with Crippen LogP contribution < -0.4 is 5.32 Å². The van der Waals surface area contributed by atoms with Gasteiger partial charge in [-0.2, -0.15) is 13.2 Å². The van der Waals surface area contributed by atoms with Gasteiger partial charge in [0.25, 0.3) is 0 Å². The minimum Gasteiger partial charge on any atom is -0.396 e. The second kappa shape index (κ2) is 7.09. The zero-order valence-corrected chi connectivity index (χ0v) is 9.73. The lowest BCUT2D eigenvalue weighted by Crippen LogP contribution is -2.40. The molecule has 0 aromatic carbocycles. The van der Waals surface area contributed by atoms with Gasteiger partial charge in [-0.05, 0) is 33.2 Å². The van der Waals surface area contributed by atoms with Gasteiger partial charge >= 0.3 is 6.18 Å². The normalized spacial score (nSPS) is 13.1. The van der Waals surface area contributed by atoms with Gasteiger partial charge in [-0.3, -0.25) is 0 Å². The second-order valence-corrected chi connectivity index (χ2v) is 4.31. The first-order valence-electron chi connectivity index (χ1n) is 5.27. The summed E-state index contributed by atoms with van der Waals surface area (Å²) >= 11 is 0. The Balaban J connectivity index is 3.40. The van der Waals surface area contributed by atoms with Crippen molar-refractivity contribution in [2.24, 2.45) is 0 Å². The standard InChI is InChI=1S/C10H20F3NO2/c1-9(2,4-6-15)14-5-3-7-16-8-10(11,12)13/h14-15H,3-8H2,1-2H3. The van der Waals surface area contributed by atoms with Gasteiger partial charge in [-0.15, -0.1) is 0 Å². The lowest BCUT2D eigenvalue weighted by molar-refractivity contribution is -0.174. The Kier molecular flexibility index (Phi) is 6.94. The third-order valence-corrected chi connectivity index (χ3v) is 2.07. The molecule has 0 heterocycles. The van der Waals surface area contributed by atoms with Gasteiger partial charge in [0.2, 0.25) is 0 Å². The number of hydrogen-bond donors (Lipinski definition) is 2. The Labute approximate surface area is 94.0 Å². The maximum atomic E-state index is 11.7. The van der Waals surface area contributed by atoms with E-state index in [2.05, 4.69) is 10.1 Å². The summed E-state index contributed by atoms with van der Waals surface area (Å²) in [6.45, 7) is 3.42. The SMILES string of the molecule is CC(C)(CCO)NCCCOCC(F)(F)F. The summed E-state index contributed by atoms with van der Waals surface area (Å²) in [5.41, 5.74) is -0.196. The lowest BCUT2D eigenvalue weighted by Gasteiger charge is -2.25. The summed E-state index contributed by atoms with van der Waals surface area (Å²) in [6, 6.07) is 0. The van der Waals surface area contributed by atoms with Crippen LogP contribution in [-0.2, 0) is 4.74 Å². The summed E-state index contributed by atoms with van der Waals surface area (Å²) in [7, 11) is 0. The van der Waals surface area contributed by atoms with Crippen molar-refractivity contribution < 1.29 is 23.0 Å². The summed E-state index contributed by atoms with van der Waals surface area (Å²) < 4.78 is 39.5. The van der Waals surface area contributed by atoms with E-state index in [1.807, 2.05) is 13.8 Å². The fourth-order valence-corrected chi connectivity index (χ4v) is 1.16. The van der Waals surface area contributed by atoms with Crippen LogP contribution in [0.4, 0.5) is 13.2 Å². The Morgan fingerprint density at radius 2 is 1.88 bits per heavy atom. The van der Waals surface area contributed by atoms with Crippen LogP contribution in [0.1, 0.15) is 26.7 Å². The molecule has 98 valence electrons. The van der Waals surface area contributed by atoms with Crippen LogP contribution in [0.5, 0.6) is 0 Å². The van der Waals surface area contributed by atoms with Gasteiger partial charge in [0.1, 0.15) is 6.61 Å². The molecule has 0 bridgehead atoms. The highest BCUT2D eigenvalue weighted by Gasteiger charge is 2.27. The molecule has 0 radical (unpaired) electrons. The number of alkyl halides is 3. The maximum absolute atomic E-state index is 11.7. The summed E-state index contributed by atoms with van der Waals surface area (Å²) in [5.74, 6) is 0. The summed E-state index contributed by atoms with van der Waals surface area (Å²) in [4.78, 5) is 0. The first-order chi connectivity index (χ1) is 7.27. The van der Waals surface area contributed by atoms with Gasteiger partial charge in [-0.25, -0.2) is 0 Å². The smallest absolute Gasteiger partial charge is 0.396 e. The summed E-state index contributed by atoms with van der Waals surface area (Å²) in [6.07, 6.45) is -3.12. The Bertz CT molecular complexity index is 183. The number of rotatable bonds is 8. The van der Waals surface area contributed by atoms with Crippen LogP contribution in [0.2, 0.25) is 0 Å². The second-order valence-electron chi connectivity index (χ2n) is 4.31. The van der Waals surface area contributed by atoms with Crippen molar-refractivity contribution in [3.63, 3.8) is 0 Å². The molecule has 0 fully saturated rings. The number of halogens is 3. The molecule has 2 N–H and O–H groups in total. The predicted molar refractivity (Wildman–Crippen MR) is 55.3 cm³/mol. The van der Waals surface area contributed by atoms with Crippen LogP contribution >= 0.6 is 0 Å². The first kappa shape index (κ1) is 15.7. The number of aliphatic hydroxyl groups excluding tert-OH is 1. The molecular weight excluding hydrogens is 223 g/mol. The molecule has 0 aromatic rings. The molecule has 0 unspecified atom stereocenters. The highest BCUT2D eigenvalue weighted by molar-refractivity contribution is 4.76. The highest BCUT2D eigenvalue weighted by atomic mass is 19.4. The van der Waals surface area contributed by atoms with Crippen LogP contribution in [0, 0.1) is 0 Å². The van der Waals surface area contributed by atoms with Gasteiger partial charge in [0, 0.05) is 18.8 Å². The number of hydrogen-bond acceptors (Lipinski definition) is 3. The van der Waals surface area contributed by atoms with Crippen LogP contribution in [0.3, 0.4) is 0 Å². The van der Waals surface area contributed by atoms with Crippen molar-refractivity contribution in [1.82, 2.24) is 5.32 Å². The average molecular weight is 243 g/mol. The first-order valence-corrected chi connectivity index (χ1v) is 5.27. The molecule has 16 heavy (non-hydrogen) atoms. The zero-order chi connectivity index (χ0) is 12.7. The maximum Gasteiger partial charge on any atom is 0.411 e. The molecule has 0 spiro atoms. The van der Waals surface area contributed by atoms with E-state index in [0.717, 1.165) is 0 Å². The molecule has 0 saturated carbocycles. The van der Waals surface area contributed by atoms with E-state index in [1.54, 1.807) is 0 Å². The topological polar surface area (TPSA) is 41.5 Å². The van der Waals surface area contributed by atoms with Crippen LogP contribution in [0.15, 0.2) is 0 Å². The van der Waals surface area contributed by atoms with Gasteiger partial charge in [0.15, 0.2) is 0 Å². The van der Waals surface area contributed by atoms with E-state index >= 15 is 0 Å². The zero-order valence-electron chi connectivity index (χ0n) is 9.73. The van der Waals surface area contributed by atoms with Crippen LogP contribution in [0.25, 0.3) is 0 Å². The minimum absolute atomic E-state index is 0.0850. The number of ether oxygens (including phenoxy) is 1. The molecule has 0 amide bonds. The van der Waals surface area contributed by atoms with E-state index in [1.165, 1.54) is 0 Å². The Morgan fingerprint density at radius 3 is 2.38 bits per heavy atom. The van der Waals surface area contributed by atoms with Gasteiger partial charge in [0.05, 0.1) is 0 Å². The molecule has 0 rings (SSSR count). The molecule has 6 heteroatoms. The Hall–Kier alpha value is -0.330. The number of nitrogens with one attached hydrogen (secondary N) is 1. The molecule has 0 aliphatic carbocycles. The monoisotopic (exact) mass is 243 g/mol. The van der Waals surface area contributed by atoms with Crippen molar-refractivity contribution in [2.75, 3.05) is 26.4 Å². The molecule has 0 aliphatic rings. The van der Waals surface area contributed by atoms with Crippen molar-refractivity contribution in [3.8, 4) is 0 Å². The minimum atomic E-state index is -4.25. The fourth-order valence-electron chi connectivity index (χ4n) is 1.16. The summed E-state index contributed by atoms with van der Waals surface area (Å²) in [5, 5.41) is 11.9. The van der Waals surface area contributed by atoms with E-state index in [0.29, 0.717) is 19.4 Å². The molecule has 0 atom stereocenters. The largest absolute Gasteiger partial charge is 0.411 e. The third kappa shape index (κ3) is 10.2. The van der Waals surface area contributed by atoms with Gasteiger partial charge < -0.3 is 15.2 Å². The van der Waals surface area contributed by atoms with Crippen molar-refractivity contribution >= 4 is 0 Å². The third-order valence-electron chi connectivity index (χ3n) is 2.07. The van der Waals surface area contributed by atoms with Gasteiger partial charge in [-0.1, -0.05) is 0 Å². The molecule has 0 aromatic heterocycles. The molecular formula is C10H20F3NO2. The highest BCUT2D eigenvalue weighted by Crippen LogP contribution is 2.14. The average Bonchev–Trinajstić information content (AvgIpc) is 2.09. The van der Waals surface area contributed by atoms with E-state index in [4.69, 9.17) is 5.11 Å². The van der Waals surface area contributed by atoms with Crippen molar-refractivity contribution in [3.05, 3.63) is 0 Å². The van der Waals surface area contributed by atoms with E-state index in [-0.39, 0.29) is 18.8 Å². The predicted octanol–water partition coefficient (Wildman–Crippen LogP) is 1.71. The number of aliphatic hydroxyl groups is 1. The van der Waals surface area contributed by atoms with Crippen molar-refractivity contribution in [2.45, 2.75) is 38.4 Å². The van der Waals surface area contributed by atoms with E-state index < -0.39 is 12.8 Å². The van der Waals surface area contributed by atoms with Crippen molar-refractivity contribution in [1.29, 1.82) is 0 Å². The van der Waals surface area contributed by atoms with E-state index in [9.17, 15) is 13.2 Å². The van der Waals surface area contributed by atoms with Crippen LogP contribution in [-0.4, -0.2) is 43.2 Å². The Morgan fingerprint density at radius 1 is 1.25 bits per heavy atom. The molecule has 3 nitrogen and oxygen atoms in total. The quantitative estimate of drug-likeness (QED) is 0.638. The lowest BCUT2D eigenvalue weighted by atomic mass is 10.0. The fraction of sp³-hybridized carbons (Fsp3) is 1.00. The molecule has 0 aliphatic heterocycles. The molecule has 0 saturated heterocycles.